The maximum absolute atomic E-state index is 6.47. The molecular formula is C26H29NO. The molecule has 0 amide bonds. The van der Waals surface area contributed by atoms with Crippen molar-refractivity contribution in [2.24, 2.45) is 0 Å². The van der Waals surface area contributed by atoms with E-state index in [1.165, 1.54) is 53.3 Å². The summed E-state index contributed by atoms with van der Waals surface area (Å²) in [5.74, 6) is 0. The molecule has 0 radical (unpaired) electrons. The van der Waals surface area contributed by atoms with Gasteiger partial charge >= 0.3 is 0 Å². The second-order valence-electron chi connectivity index (χ2n) is 8.38. The van der Waals surface area contributed by atoms with Crippen LogP contribution in [-0.2, 0) is 23.4 Å². The number of ether oxygens (including phenoxy) is 1. The summed E-state index contributed by atoms with van der Waals surface area (Å²) in [6, 6.07) is 24.2. The summed E-state index contributed by atoms with van der Waals surface area (Å²) in [7, 11) is 0. The Morgan fingerprint density at radius 3 is 2.46 bits per heavy atom. The van der Waals surface area contributed by atoms with Gasteiger partial charge in [0.05, 0.1) is 12.2 Å². The SMILES string of the molecule is c1ccc(CCCCN2CCC3(CC2)OCc2c3ccc3ccccc23)cc1. The lowest BCUT2D eigenvalue weighted by atomic mass is 9.82. The predicted octanol–water partition coefficient (Wildman–Crippen LogP) is 5.68. The Morgan fingerprint density at radius 1 is 0.821 bits per heavy atom. The fraction of sp³-hybridized carbons (Fsp3) is 0.385. The first-order valence-corrected chi connectivity index (χ1v) is 10.8. The molecule has 0 aliphatic carbocycles. The van der Waals surface area contributed by atoms with Crippen molar-refractivity contribution in [3.05, 3.63) is 83.4 Å². The summed E-state index contributed by atoms with van der Waals surface area (Å²) in [6.45, 7) is 4.29. The monoisotopic (exact) mass is 371 g/mol. The predicted molar refractivity (Wildman–Crippen MR) is 115 cm³/mol. The van der Waals surface area contributed by atoms with E-state index in [1.807, 2.05) is 0 Å². The Hall–Kier alpha value is -2.16. The highest BCUT2D eigenvalue weighted by Crippen LogP contribution is 2.46. The zero-order valence-corrected chi connectivity index (χ0v) is 16.6. The summed E-state index contributed by atoms with van der Waals surface area (Å²) >= 11 is 0. The number of benzene rings is 3. The van der Waals surface area contributed by atoms with Gasteiger partial charge in [-0.1, -0.05) is 66.7 Å². The molecule has 0 N–H and O–H groups in total. The molecule has 2 heterocycles. The molecule has 2 aliphatic heterocycles. The molecule has 0 bridgehead atoms. The molecule has 0 unspecified atom stereocenters. The molecule has 3 aromatic carbocycles. The van der Waals surface area contributed by atoms with E-state index in [0.717, 1.165) is 32.5 Å². The summed E-state index contributed by atoms with van der Waals surface area (Å²) in [4.78, 5) is 2.64. The average Bonchev–Trinajstić information content (AvgIpc) is 3.12. The summed E-state index contributed by atoms with van der Waals surface area (Å²) in [5, 5.41) is 2.71. The van der Waals surface area contributed by atoms with Crippen LogP contribution in [0.15, 0.2) is 66.7 Å². The maximum Gasteiger partial charge on any atom is 0.0963 e. The smallest absolute Gasteiger partial charge is 0.0963 e. The Bertz CT molecular complexity index is 941. The van der Waals surface area contributed by atoms with Gasteiger partial charge in [0.15, 0.2) is 0 Å². The number of rotatable bonds is 5. The zero-order valence-electron chi connectivity index (χ0n) is 16.6. The van der Waals surface area contributed by atoms with E-state index in [4.69, 9.17) is 4.74 Å². The van der Waals surface area contributed by atoms with Gasteiger partial charge in [-0.25, -0.2) is 0 Å². The lowest BCUT2D eigenvalue weighted by Crippen LogP contribution is -2.42. The van der Waals surface area contributed by atoms with Crippen molar-refractivity contribution in [2.45, 2.75) is 44.3 Å². The molecule has 0 saturated carbocycles. The lowest BCUT2D eigenvalue weighted by molar-refractivity contribution is -0.0787. The Balaban J connectivity index is 1.18. The van der Waals surface area contributed by atoms with E-state index < -0.39 is 0 Å². The quantitative estimate of drug-likeness (QED) is 0.535. The number of nitrogens with zero attached hydrogens (tertiary/aromatic N) is 1. The number of likely N-dealkylation sites (tertiary alicyclic amines) is 1. The number of hydrogen-bond acceptors (Lipinski definition) is 2. The van der Waals surface area contributed by atoms with E-state index in [1.54, 1.807) is 0 Å². The van der Waals surface area contributed by atoms with Gasteiger partial charge in [0.25, 0.3) is 0 Å². The van der Waals surface area contributed by atoms with Crippen molar-refractivity contribution in [2.75, 3.05) is 19.6 Å². The molecule has 2 aliphatic rings. The minimum Gasteiger partial charge on any atom is -0.365 e. The van der Waals surface area contributed by atoms with Gasteiger partial charge < -0.3 is 9.64 Å². The van der Waals surface area contributed by atoms with Crippen LogP contribution in [0.4, 0.5) is 0 Å². The summed E-state index contributed by atoms with van der Waals surface area (Å²) in [5.41, 5.74) is 4.30. The summed E-state index contributed by atoms with van der Waals surface area (Å²) in [6.07, 6.45) is 6.00. The topological polar surface area (TPSA) is 12.5 Å². The molecule has 1 spiro atoms. The van der Waals surface area contributed by atoms with Crippen LogP contribution in [0.2, 0.25) is 0 Å². The van der Waals surface area contributed by atoms with Gasteiger partial charge in [0, 0.05) is 13.1 Å². The largest absolute Gasteiger partial charge is 0.365 e. The van der Waals surface area contributed by atoms with E-state index in [2.05, 4.69) is 71.6 Å². The van der Waals surface area contributed by atoms with Crippen molar-refractivity contribution in [1.29, 1.82) is 0 Å². The van der Waals surface area contributed by atoms with Gasteiger partial charge in [0.2, 0.25) is 0 Å². The maximum atomic E-state index is 6.47. The molecule has 0 atom stereocenters. The van der Waals surface area contributed by atoms with Crippen molar-refractivity contribution < 1.29 is 4.74 Å². The Morgan fingerprint density at radius 2 is 1.61 bits per heavy atom. The first-order valence-electron chi connectivity index (χ1n) is 10.8. The molecule has 5 rings (SSSR count). The van der Waals surface area contributed by atoms with Crippen molar-refractivity contribution in [1.82, 2.24) is 4.90 Å². The second-order valence-corrected chi connectivity index (χ2v) is 8.38. The van der Waals surface area contributed by atoms with Crippen LogP contribution in [-0.4, -0.2) is 24.5 Å². The standard InChI is InChI=1S/C26H29NO/c1-2-8-21(9-3-1)10-6-7-17-27-18-15-26(16-19-27)25-14-13-22-11-4-5-12-23(22)24(25)20-28-26/h1-5,8-9,11-14H,6-7,10,15-20H2. The third-order valence-electron chi connectivity index (χ3n) is 6.72. The fourth-order valence-corrected chi connectivity index (χ4v) is 5.07. The first kappa shape index (κ1) is 17.9. The molecule has 28 heavy (non-hydrogen) atoms. The molecule has 2 nitrogen and oxygen atoms in total. The van der Waals surface area contributed by atoms with Gasteiger partial charge in [-0.15, -0.1) is 0 Å². The normalized spacial score (nSPS) is 18.6. The summed E-state index contributed by atoms with van der Waals surface area (Å²) < 4.78 is 6.47. The van der Waals surface area contributed by atoms with Gasteiger partial charge in [-0.2, -0.15) is 0 Å². The number of hydrogen-bond donors (Lipinski definition) is 0. The Labute approximate surface area is 168 Å². The van der Waals surface area contributed by atoms with Crippen LogP contribution >= 0.6 is 0 Å². The van der Waals surface area contributed by atoms with Crippen molar-refractivity contribution in [3.8, 4) is 0 Å². The molecule has 1 fully saturated rings. The number of piperidine rings is 1. The minimum atomic E-state index is -0.0418. The van der Waals surface area contributed by atoms with Crippen molar-refractivity contribution >= 4 is 10.8 Å². The molecule has 1 saturated heterocycles. The highest BCUT2D eigenvalue weighted by atomic mass is 16.5. The van der Waals surface area contributed by atoms with E-state index in [0.29, 0.717) is 0 Å². The number of aryl methyl sites for hydroxylation is 1. The van der Waals surface area contributed by atoms with E-state index >= 15 is 0 Å². The number of unbranched alkanes of at least 4 members (excludes halogenated alkanes) is 1. The third kappa shape index (κ3) is 3.36. The molecule has 144 valence electrons. The second kappa shape index (κ2) is 7.69. The van der Waals surface area contributed by atoms with Crippen LogP contribution in [0.5, 0.6) is 0 Å². The van der Waals surface area contributed by atoms with Crippen LogP contribution in [0.1, 0.15) is 42.4 Å². The van der Waals surface area contributed by atoms with Crippen LogP contribution < -0.4 is 0 Å². The van der Waals surface area contributed by atoms with Crippen molar-refractivity contribution in [3.63, 3.8) is 0 Å². The highest BCUT2D eigenvalue weighted by Gasteiger charge is 2.42. The van der Waals surface area contributed by atoms with Crippen LogP contribution in [0, 0.1) is 0 Å². The van der Waals surface area contributed by atoms with E-state index in [-0.39, 0.29) is 5.60 Å². The minimum absolute atomic E-state index is 0.0418. The average molecular weight is 372 g/mol. The fourth-order valence-electron chi connectivity index (χ4n) is 5.07. The molecular weight excluding hydrogens is 342 g/mol. The van der Waals surface area contributed by atoms with Gasteiger partial charge in [0.1, 0.15) is 0 Å². The lowest BCUT2D eigenvalue weighted by Gasteiger charge is -2.39. The Kier molecular flexibility index (Phi) is 4.92. The van der Waals surface area contributed by atoms with Gasteiger partial charge in [-0.3, -0.25) is 0 Å². The molecule has 2 heteroatoms. The first-order chi connectivity index (χ1) is 13.8. The van der Waals surface area contributed by atoms with Gasteiger partial charge in [-0.05, 0) is 66.1 Å². The van der Waals surface area contributed by atoms with E-state index in [9.17, 15) is 0 Å². The molecule has 0 aromatic heterocycles. The van der Waals surface area contributed by atoms with Crippen LogP contribution in [0.3, 0.4) is 0 Å². The molecule has 3 aromatic rings. The highest BCUT2D eigenvalue weighted by molar-refractivity contribution is 5.87. The zero-order chi connectivity index (χ0) is 18.8. The van der Waals surface area contributed by atoms with Crippen LogP contribution in [0.25, 0.3) is 10.8 Å². The third-order valence-corrected chi connectivity index (χ3v) is 6.72. The number of fused-ring (bicyclic) bond motifs is 4.